The zero-order valence-electron chi connectivity index (χ0n) is 21.6. The van der Waals surface area contributed by atoms with E-state index < -0.39 is 17.8 Å². The van der Waals surface area contributed by atoms with E-state index >= 15 is 0 Å². The third-order valence-electron chi connectivity index (χ3n) is 6.69. The number of carbonyl (C=O) groups excluding carboxylic acids is 3. The molecule has 1 heterocycles. The Balaban J connectivity index is 1.39. The summed E-state index contributed by atoms with van der Waals surface area (Å²) in [7, 11) is 0. The molecule has 2 atom stereocenters. The lowest BCUT2D eigenvalue weighted by molar-refractivity contribution is -0.147. The van der Waals surface area contributed by atoms with E-state index in [0.29, 0.717) is 24.2 Å². The number of amidine groups is 1. The van der Waals surface area contributed by atoms with E-state index in [1.54, 1.807) is 34.8 Å². The molecule has 10 nitrogen and oxygen atoms in total. The Labute approximate surface area is 226 Å². The Morgan fingerprint density at radius 2 is 1.95 bits per heavy atom. The van der Waals surface area contributed by atoms with Crippen LogP contribution in [0, 0.1) is 17.2 Å². The maximum atomic E-state index is 13.2. The molecule has 2 unspecified atom stereocenters. The summed E-state index contributed by atoms with van der Waals surface area (Å²) in [6.07, 6.45) is 6.10. The van der Waals surface area contributed by atoms with Crippen molar-refractivity contribution in [3.63, 3.8) is 0 Å². The predicted octanol–water partition coefficient (Wildman–Crippen LogP) is 3.18. The van der Waals surface area contributed by atoms with Crippen molar-refractivity contribution in [1.82, 2.24) is 10.4 Å². The molecule has 0 bridgehead atoms. The lowest BCUT2D eigenvalue weighted by Crippen LogP contribution is -2.39. The molecule has 0 amide bonds. The number of carbonyl (C=O) groups is 3. The number of hydrogen-bond donors (Lipinski definition) is 4. The van der Waals surface area contributed by atoms with E-state index in [1.165, 1.54) is 6.07 Å². The highest BCUT2D eigenvalue weighted by atomic mass is 16.6. The molecule has 4 rings (SSSR count). The van der Waals surface area contributed by atoms with Crippen molar-refractivity contribution in [3.05, 3.63) is 83.1 Å². The van der Waals surface area contributed by atoms with Crippen molar-refractivity contribution in [3.8, 4) is 11.5 Å². The van der Waals surface area contributed by atoms with Crippen LogP contribution in [0.2, 0.25) is 0 Å². The minimum absolute atomic E-state index is 0.0629. The first-order valence-corrected chi connectivity index (χ1v) is 12.7. The molecule has 0 radical (unpaired) electrons. The van der Waals surface area contributed by atoms with Crippen LogP contribution in [-0.2, 0) is 27.4 Å². The number of allylic oxidation sites excluding steroid dienone is 1. The Bertz CT molecular complexity index is 1320. The van der Waals surface area contributed by atoms with Crippen LogP contribution < -0.4 is 10.2 Å². The van der Waals surface area contributed by atoms with Crippen LogP contribution in [0.5, 0.6) is 11.5 Å². The molecule has 0 fully saturated rings. The van der Waals surface area contributed by atoms with E-state index in [4.69, 9.17) is 20.1 Å². The third-order valence-corrected chi connectivity index (χ3v) is 6.69. The van der Waals surface area contributed by atoms with Crippen molar-refractivity contribution in [2.24, 2.45) is 11.8 Å². The molecule has 2 aliphatic rings. The fourth-order valence-corrected chi connectivity index (χ4v) is 4.70. The number of ketones is 2. The van der Waals surface area contributed by atoms with E-state index in [0.717, 1.165) is 11.1 Å². The first-order valence-electron chi connectivity index (χ1n) is 12.7. The van der Waals surface area contributed by atoms with Gasteiger partial charge in [-0.3, -0.25) is 25.7 Å². The number of Topliss-reactive ketones (excluding diaryl/α,β-unsaturated/α-hetero) is 2. The molecule has 1 aliphatic heterocycles. The maximum absolute atomic E-state index is 13.2. The van der Waals surface area contributed by atoms with Gasteiger partial charge in [0.2, 0.25) is 0 Å². The summed E-state index contributed by atoms with van der Waals surface area (Å²) in [4.78, 5) is 39.8. The Morgan fingerprint density at radius 1 is 1.18 bits per heavy atom. The number of ether oxygens (including phenoxy) is 2. The van der Waals surface area contributed by atoms with E-state index in [-0.39, 0.29) is 55.0 Å². The number of phenols is 1. The smallest absolute Gasteiger partial charge is 0.344 e. The highest BCUT2D eigenvalue weighted by molar-refractivity contribution is 6.07. The van der Waals surface area contributed by atoms with Gasteiger partial charge >= 0.3 is 5.97 Å². The Morgan fingerprint density at radius 3 is 2.67 bits per heavy atom. The number of hydrogen-bond acceptors (Lipinski definition) is 9. The van der Waals surface area contributed by atoms with Gasteiger partial charge in [0, 0.05) is 18.3 Å². The summed E-state index contributed by atoms with van der Waals surface area (Å²) < 4.78 is 10.9. The SMILES string of the molecule is CCCc1c(OCC(=O)OCc2ccccc2)ccc(C(=O)CN2C=C3C=CC(C(=N)NO)C(=O)C3C2)c1O. The standard InChI is InChI=1S/C29H31N3O7/c1-2-6-21-25(38-17-26(34)39-16-18-7-4-3-5-8-18)12-11-20(27(21)35)24(33)15-32-13-19-9-10-22(29(30)31-37)28(36)23(19)14-32/h3-5,7-13,22-23,35,37H,2,6,14-17H2,1H3,(H2,30,31). The van der Waals surface area contributed by atoms with Gasteiger partial charge in [-0.25, -0.2) is 4.79 Å². The van der Waals surface area contributed by atoms with Crippen LogP contribution in [0.1, 0.15) is 34.8 Å². The number of aromatic hydroxyl groups is 1. The monoisotopic (exact) mass is 533 g/mol. The predicted molar refractivity (Wildman–Crippen MR) is 142 cm³/mol. The first kappa shape index (κ1) is 27.6. The molecule has 0 spiro atoms. The van der Waals surface area contributed by atoms with Gasteiger partial charge in [-0.2, -0.15) is 0 Å². The fraction of sp³-hybridized carbons (Fsp3) is 0.310. The summed E-state index contributed by atoms with van der Waals surface area (Å²) in [6, 6.07) is 12.3. The van der Waals surface area contributed by atoms with Crippen molar-refractivity contribution in [2.75, 3.05) is 19.7 Å². The number of benzene rings is 2. The summed E-state index contributed by atoms with van der Waals surface area (Å²) in [5.41, 5.74) is 3.87. The quantitative estimate of drug-likeness (QED) is 0.112. The largest absolute Gasteiger partial charge is 0.507 e. The van der Waals surface area contributed by atoms with Crippen molar-refractivity contribution < 1.29 is 34.2 Å². The summed E-state index contributed by atoms with van der Waals surface area (Å²) in [5, 5.41) is 27.7. The number of esters is 1. The Kier molecular flexibility index (Phi) is 8.77. The summed E-state index contributed by atoms with van der Waals surface area (Å²) >= 11 is 0. The first-order chi connectivity index (χ1) is 18.8. The molecule has 39 heavy (non-hydrogen) atoms. The summed E-state index contributed by atoms with van der Waals surface area (Å²) in [6.45, 7) is 1.90. The molecule has 4 N–H and O–H groups in total. The highest BCUT2D eigenvalue weighted by Gasteiger charge is 2.38. The van der Waals surface area contributed by atoms with E-state index in [1.807, 2.05) is 37.3 Å². The fourth-order valence-electron chi connectivity index (χ4n) is 4.70. The van der Waals surface area contributed by atoms with Crippen LogP contribution >= 0.6 is 0 Å². The number of phenolic OH excluding ortho intramolecular Hbond substituents is 1. The van der Waals surface area contributed by atoms with E-state index in [9.17, 15) is 19.5 Å². The van der Waals surface area contributed by atoms with Gasteiger partial charge in [0.1, 0.15) is 23.9 Å². The topological polar surface area (TPSA) is 149 Å². The van der Waals surface area contributed by atoms with Crippen LogP contribution in [0.15, 0.2) is 66.4 Å². The molecular formula is C29H31N3O7. The highest BCUT2D eigenvalue weighted by Crippen LogP contribution is 2.35. The van der Waals surface area contributed by atoms with Gasteiger partial charge in [-0.05, 0) is 29.7 Å². The van der Waals surface area contributed by atoms with Crippen LogP contribution in [0.3, 0.4) is 0 Å². The van der Waals surface area contributed by atoms with Gasteiger partial charge < -0.3 is 19.5 Å². The lowest BCUT2D eigenvalue weighted by Gasteiger charge is -2.23. The number of rotatable bonds is 11. The molecule has 2 aromatic rings. The zero-order chi connectivity index (χ0) is 27.9. The van der Waals surface area contributed by atoms with Crippen molar-refractivity contribution in [2.45, 2.75) is 26.4 Å². The minimum atomic E-state index is -0.864. The molecule has 0 aromatic heterocycles. The average molecular weight is 534 g/mol. The van der Waals surface area contributed by atoms with Crippen molar-refractivity contribution >= 4 is 23.4 Å². The minimum Gasteiger partial charge on any atom is -0.507 e. The molecule has 204 valence electrons. The zero-order valence-corrected chi connectivity index (χ0v) is 21.6. The number of nitrogens with one attached hydrogen (secondary N) is 2. The number of nitrogens with zero attached hydrogens (tertiary/aromatic N) is 1. The Hall–Kier alpha value is -4.44. The molecule has 0 saturated heterocycles. The average Bonchev–Trinajstić information content (AvgIpc) is 3.36. The van der Waals surface area contributed by atoms with Crippen molar-refractivity contribution in [1.29, 1.82) is 5.41 Å². The lowest BCUT2D eigenvalue weighted by atomic mass is 9.83. The molecule has 2 aromatic carbocycles. The third kappa shape index (κ3) is 6.35. The molecule has 1 aliphatic carbocycles. The van der Waals surface area contributed by atoms with Gasteiger partial charge in [0.05, 0.1) is 23.9 Å². The molecule has 0 saturated carbocycles. The number of fused-ring (bicyclic) bond motifs is 1. The summed E-state index contributed by atoms with van der Waals surface area (Å²) in [5.74, 6) is -2.70. The second kappa shape index (κ2) is 12.4. The maximum Gasteiger partial charge on any atom is 0.344 e. The second-order valence-electron chi connectivity index (χ2n) is 9.42. The van der Waals surface area contributed by atoms with Gasteiger partial charge in [0.15, 0.2) is 18.2 Å². The van der Waals surface area contributed by atoms with Gasteiger partial charge in [-0.15, -0.1) is 0 Å². The van der Waals surface area contributed by atoms with Gasteiger partial charge in [0.25, 0.3) is 0 Å². The van der Waals surface area contributed by atoms with Crippen LogP contribution in [0.4, 0.5) is 0 Å². The van der Waals surface area contributed by atoms with Crippen LogP contribution in [0.25, 0.3) is 0 Å². The normalized spacial score (nSPS) is 17.8. The van der Waals surface area contributed by atoms with Gasteiger partial charge in [-0.1, -0.05) is 55.8 Å². The molecule has 10 heteroatoms. The second-order valence-corrected chi connectivity index (χ2v) is 9.42. The molecular weight excluding hydrogens is 502 g/mol. The number of hydroxylamine groups is 1. The van der Waals surface area contributed by atoms with E-state index in [2.05, 4.69) is 0 Å². The van der Waals surface area contributed by atoms with Crippen LogP contribution in [-0.4, -0.2) is 58.3 Å².